The summed E-state index contributed by atoms with van der Waals surface area (Å²) in [4.78, 5) is 0. The summed E-state index contributed by atoms with van der Waals surface area (Å²) in [7, 11) is 3.64. The average molecular weight is 288 g/mol. The number of hydrogen-bond acceptors (Lipinski definition) is 3. The monoisotopic (exact) mass is 287 g/mol. The van der Waals surface area contributed by atoms with Crippen LogP contribution in [0.5, 0.6) is 0 Å². The first kappa shape index (κ1) is 16.5. The smallest absolute Gasteiger partial charge is 0.130 e. The minimum Gasteiger partial charge on any atom is -0.377 e. The van der Waals surface area contributed by atoms with Crippen molar-refractivity contribution in [2.75, 3.05) is 13.7 Å². The molecule has 2 atom stereocenters. The van der Waals surface area contributed by atoms with Gasteiger partial charge in [-0.1, -0.05) is 25.4 Å². The molecule has 4 nitrogen and oxygen atoms in total. The zero-order valence-electron chi connectivity index (χ0n) is 12.9. The summed E-state index contributed by atoms with van der Waals surface area (Å²) in [5, 5.41) is 8.61. The van der Waals surface area contributed by atoms with Crippen molar-refractivity contribution in [3.05, 3.63) is 16.4 Å². The highest BCUT2D eigenvalue weighted by atomic mass is 35.5. The van der Waals surface area contributed by atoms with Gasteiger partial charge >= 0.3 is 0 Å². The van der Waals surface area contributed by atoms with Gasteiger partial charge in [0, 0.05) is 25.8 Å². The molecule has 1 heterocycles. The lowest BCUT2D eigenvalue weighted by Gasteiger charge is -2.36. The molecule has 19 heavy (non-hydrogen) atoms. The van der Waals surface area contributed by atoms with Crippen LogP contribution in [0.25, 0.3) is 0 Å². The first-order valence-electron chi connectivity index (χ1n) is 6.86. The van der Waals surface area contributed by atoms with E-state index < -0.39 is 0 Å². The Morgan fingerprint density at radius 3 is 2.47 bits per heavy atom. The van der Waals surface area contributed by atoms with Gasteiger partial charge in [0.1, 0.15) is 5.15 Å². The van der Waals surface area contributed by atoms with E-state index in [0.29, 0.717) is 0 Å². The third-order valence-corrected chi connectivity index (χ3v) is 4.51. The Hall–Kier alpha value is -0.580. The van der Waals surface area contributed by atoms with E-state index in [1.54, 1.807) is 11.8 Å². The van der Waals surface area contributed by atoms with Crippen LogP contribution >= 0.6 is 11.6 Å². The zero-order valence-corrected chi connectivity index (χ0v) is 13.6. The highest BCUT2D eigenvalue weighted by Gasteiger charge is 2.33. The number of ether oxygens (including phenoxy) is 1. The molecule has 1 aromatic rings. The van der Waals surface area contributed by atoms with E-state index in [9.17, 15) is 0 Å². The average Bonchev–Trinajstić information content (AvgIpc) is 2.63. The molecular weight excluding hydrogens is 262 g/mol. The molecule has 0 aromatic carbocycles. The number of nitrogens with one attached hydrogen (secondary N) is 1. The molecule has 110 valence electrons. The van der Waals surface area contributed by atoms with Crippen molar-refractivity contribution in [1.82, 2.24) is 15.1 Å². The van der Waals surface area contributed by atoms with Crippen molar-refractivity contribution in [3.63, 3.8) is 0 Å². The Morgan fingerprint density at radius 2 is 2.11 bits per heavy atom. The van der Waals surface area contributed by atoms with Crippen LogP contribution in [0.15, 0.2) is 0 Å². The van der Waals surface area contributed by atoms with Gasteiger partial charge in [-0.25, -0.2) is 0 Å². The van der Waals surface area contributed by atoms with E-state index in [1.165, 1.54) is 0 Å². The Kier molecular flexibility index (Phi) is 5.83. The van der Waals surface area contributed by atoms with Crippen LogP contribution < -0.4 is 5.32 Å². The van der Waals surface area contributed by atoms with Crippen LogP contribution in [0.4, 0.5) is 0 Å². The maximum absolute atomic E-state index is 6.33. The number of rotatable bonds is 7. The summed E-state index contributed by atoms with van der Waals surface area (Å²) >= 11 is 6.33. The second-order valence-electron chi connectivity index (χ2n) is 5.16. The first-order chi connectivity index (χ1) is 8.89. The fourth-order valence-electron chi connectivity index (χ4n) is 2.39. The summed E-state index contributed by atoms with van der Waals surface area (Å²) in [6, 6.07) is 0.216. The molecule has 0 saturated heterocycles. The minimum atomic E-state index is -0.207. The molecule has 0 amide bonds. The fourth-order valence-corrected chi connectivity index (χ4v) is 2.64. The lowest BCUT2D eigenvalue weighted by molar-refractivity contribution is -0.0284. The quantitative estimate of drug-likeness (QED) is 0.838. The predicted octanol–water partition coefficient (Wildman–Crippen LogP) is 2.72. The van der Waals surface area contributed by atoms with Crippen LogP contribution in [0, 0.1) is 6.92 Å². The number of likely N-dealkylation sites (N-methyl/N-ethyl adjacent to an activating group) is 1. The molecule has 1 rings (SSSR count). The maximum atomic E-state index is 6.33. The maximum Gasteiger partial charge on any atom is 0.130 e. The highest BCUT2D eigenvalue weighted by molar-refractivity contribution is 6.30. The van der Waals surface area contributed by atoms with Gasteiger partial charge in [-0.3, -0.25) is 4.68 Å². The van der Waals surface area contributed by atoms with Gasteiger partial charge in [0.2, 0.25) is 0 Å². The standard InChI is InChI=1S/C14H26ClN3O/c1-7-14(4,19-6)12(16-8-2)9-11-10(3)17-18(5)13(11)15/h12,16H,7-9H2,1-6H3. The fraction of sp³-hybridized carbons (Fsp3) is 0.786. The van der Waals surface area contributed by atoms with Gasteiger partial charge in [-0.05, 0) is 33.2 Å². The second kappa shape index (κ2) is 6.73. The van der Waals surface area contributed by atoms with E-state index >= 15 is 0 Å². The van der Waals surface area contributed by atoms with Crippen LogP contribution in [-0.4, -0.2) is 35.1 Å². The van der Waals surface area contributed by atoms with E-state index in [4.69, 9.17) is 16.3 Å². The number of halogens is 1. The summed E-state index contributed by atoms with van der Waals surface area (Å²) in [6.07, 6.45) is 1.77. The Balaban J connectivity index is 3.02. The normalized spacial score (nSPS) is 16.4. The molecule has 0 aliphatic carbocycles. The molecule has 0 saturated carbocycles. The molecule has 0 spiro atoms. The predicted molar refractivity (Wildman–Crippen MR) is 79.8 cm³/mol. The summed E-state index contributed by atoms with van der Waals surface area (Å²) in [6.45, 7) is 9.29. The summed E-state index contributed by atoms with van der Waals surface area (Å²) in [5.74, 6) is 0. The van der Waals surface area contributed by atoms with Crippen LogP contribution in [0.3, 0.4) is 0 Å². The lowest BCUT2D eigenvalue weighted by Crippen LogP contribution is -2.51. The van der Waals surface area contributed by atoms with Crippen molar-refractivity contribution in [2.45, 2.75) is 52.2 Å². The Morgan fingerprint density at radius 1 is 1.47 bits per heavy atom. The third-order valence-electron chi connectivity index (χ3n) is 4.03. The van der Waals surface area contributed by atoms with Crippen molar-refractivity contribution in [2.24, 2.45) is 7.05 Å². The molecule has 0 radical (unpaired) electrons. The van der Waals surface area contributed by atoms with Crippen LogP contribution in [-0.2, 0) is 18.2 Å². The van der Waals surface area contributed by atoms with Gasteiger partial charge in [-0.15, -0.1) is 0 Å². The van der Waals surface area contributed by atoms with E-state index in [2.05, 4.69) is 31.2 Å². The second-order valence-corrected chi connectivity index (χ2v) is 5.52. The number of aryl methyl sites for hydroxylation is 2. The molecule has 1 aromatic heterocycles. The van der Waals surface area contributed by atoms with E-state index in [-0.39, 0.29) is 11.6 Å². The van der Waals surface area contributed by atoms with Gasteiger partial charge in [0.15, 0.2) is 0 Å². The molecule has 0 aliphatic rings. The Bertz CT molecular complexity index is 413. The van der Waals surface area contributed by atoms with Gasteiger partial charge in [-0.2, -0.15) is 5.10 Å². The highest BCUT2D eigenvalue weighted by Crippen LogP contribution is 2.27. The third kappa shape index (κ3) is 3.50. The van der Waals surface area contributed by atoms with Crippen molar-refractivity contribution in [3.8, 4) is 0 Å². The Labute approximate surface area is 121 Å². The summed E-state index contributed by atoms with van der Waals surface area (Å²) < 4.78 is 7.46. The zero-order chi connectivity index (χ0) is 14.6. The number of aromatic nitrogens is 2. The molecule has 5 heteroatoms. The lowest BCUT2D eigenvalue weighted by atomic mass is 9.88. The largest absolute Gasteiger partial charge is 0.377 e. The molecule has 0 aliphatic heterocycles. The molecular formula is C14H26ClN3O. The number of hydrogen-bond donors (Lipinski definition) is 1. The molecule has 0 bridgehead atoms. The topological polar surface area (TPSA) is 39.1 Å². The van der Waals surface area contributed by atoms with Crippen molar-refractivity contribution in [1.29, 1.82) is 0 Å². The van der Waals surface area contributed by atoms with Crippen LogP contribution in [0.1, 0.15) is 38.4 Å². The minimum absolute atomic E-state index is 0.207. The number of nitrogens with zero attached hydrogens (tertiary/aromatic N) is 2. The van der Waals surface area contributed by atoms with E-state index in [0.717, 1.165) is 35.8 Å². The van der Waals surface area contributed by atoms with Crippen molar-refractivity contribution >= 4 is 11.6 Å². The van der Waals surface area contributed by atoms with E-state index in [1.807, 2.05) is 14.0 Å². The van der Waals surface area contributed by atoms with Crippen LogP contribution in [0.2, 0.25) is 5.15 Å². The van der Waals surface area contributed by atoms with Gasteiger partial charge in [0.25, 0.3) is 0 Å². The van der Waals surface area contributed by atoms with Crippen molar-refractivity contribution < 1.29 is 4.74 Å². The first-order valence-corrected chi connectivity index (χ1v) is 7.23. The molecule has 1 N–H and O–H groups in total. The molecule has 2 unspecified atom stereocenters. The number of methoxy groups -OCH3 is 1. The van der Waals surface area contributed by atoms with Gasteiger partial charge < -0.3 is 10.1 Å². The molecule has 0 fully saturated rings. The summed E-state index contributed by atoms with van der Waals surface area (Å²) in [5.41, 5.74) is 1.89. The van der Waals surface area contributed by atoms with Gasteiger partial charge in [0.05, 0.1) is 11.3 Å². The SMILES string of the molecule is CCNC(Cc1c(C)nn(C)c1Cl)C(C)(CC)OC.